The largest absolute Gasteiger partial charge is 0.481 e. The normalized spacial score (nSPS) is 29.6. The number of aliphatic carboxylic acids is 1. The number of pyridine rings is 1. The number of carboxylic acid groups (broad SMARTS) is 1. The molecule has 0 radical (unpaired) electrons. The molecule has 1 saturated carbocycles. The van der Waals surface area contributed by atoms with Crippen molar-refractivity contribution in [2.24, 2.45) is 23.7 Å². The van der Waals surface area contributed by atoms with Gasteiger partial charge in [0.1, 0.15) is 5.15 Å². The van der Waals surface area contributed by atoms with Crippen molar-refractivity contribution in [1.82, 2.24) is 4.98 Å². The number of amides is 1. The number of nitrogens with one attached hydrogen (secondary N) is 1. The molecule has 0 aliphatic heterocycles. The second kappa shape index (κ2) is 5.42. The summed E-state index contributed by atoms with van der Waals surface area (Å²) in [5.74, 6) is -2.42. The van der Waals surface area contributed by atoms with Gasteiger partial charge in [0.25, 0.3) is 0 Å². The molecule has 7 heteroatoms. The van der Waals surface area contributed by atoms with Crippen molar-refractivity contribution in [2.45, 2.75) is 6.42 Å². The molecule has 110 valence electrons. The van der Waals surface area contributed by atoms with Crippen LogP contribution in [0.4, 0.5) is 5.69 Å². The molecule has 2 aliphatic rings. The summed E-state index contributed by atoms with van der Waals surface area (Å²) in [4.78, 5) is 27.8. The molecule has 4 atom stereocenters. The minimum Gasteiger partial charge on any atom is -0.481 e. The first-order valence-electron chi connectivity index (χ1n) is 6.50. The smallest absolute Gasteiger partial charge is 0.307 e. The molecule has 21 heavy (non-hydrogen) atoms. The van der Waals surface area contributed by atoms with Gasteiger partial charge in [-0.05, 0) is 40.3 Å². The zero-order chi connectivity index (χ0) is 15.1. The summed E-state index contributed by atoms with van der Waals surface area (Å²) >= 11 is 9.04. The van der Waals surface area contributed by atoms with E-state index in [0.717, 1.165) is 6.42 Å². The molecule has 1 aromatic heterocycles. The molecule has 0 saturated heterocycles. The highest BCUT2D eigenvalue weighted by atomic mass is 79.9. The summed E-state index contributed by atoms with van der Waals surface area (Å²) in [5.41, 5.74) is 0.493. The Morgan fingerprint density at radius 2 is 2.00 bits per heavy atom. The van der Waals surface area contributed by atoms with Crippen LogP contribution in [0.15, 0.2) is 28.9 Å². The van der Waals surface area contributed by atoms with Crippen LogP contribution < -0.4 is 5.32 Å². The maximum absolute atomic E-state index is 12.4. The molecule has 3 rings (SSSR count). The molecule has 2 bridgehead atoms. The average Bonchev–Trinajstić information content (AvgIpc) is 3.03. The standard InChI is InChI=1S/C14H12BrClN2O3/c15-9-4-8(5-17-12(9)16)18-13(19)10-6-1-2-7(3-6)11(10)14(20)21/h1-2,4-7,10-11H,3H2,(H,18,19)(H,20,21). The summed E-state index contributed by atoms with van der Waals surface area (Å²) in [5, 5.41) is 12.4. The van der Waals surface area contributed by atoms with Crippen LogP contribution in [0, 0.1) is 23.7 Å². The Hall–Kier alpha value is -1.40. The Labute approximate surface area is 134 Å². The molecular weight excluding hydrogens is 360 g/mol. The second-order valence-electron chi connectivity index (χ2n) is 5.32. The van der Waals surface area contributed by atoms with E-state index in [4.69, 9.17) is 11.6 Å². The van der Waals surface area contributed by atoms with Crippen molar-refractivity contribution in [3.8, 4) is 0 Å². The van der Waals surface area contributed by atoms with Gasteiger partial charge >= 0.3 is 5.97 Å². The van der Waals surface area contributed by atoms with E-state index in [-0.39, 0.29) is 17.7 Å². The fourth-order valence-electron chi connectivity index (χ4n) is 3.23. The third-order valence-electron chi connectivity index (χ3n) is 4.11. The molecule has 1 fully saturated rings. The van der Waals surface area contributed by atoms with Crippen molar-refractivity contribution in [3.05, 3.63) is 34.0 Å². The predicted octanol–water partition coefficient (Wildman–Crippen LogP) is 2.96. The fourth-order valence-corrected chi connectivity index (χ4v) is 3.68. The maximum atomic E-state index is 12.4. The van der Waals surface area contributed by atoms with E-state index < -0.39 is 17.8 Å². The van der Waals surface area contributed by atoms with Gasteiger partial charge in [-0.2, -0.15) is 0 Å². The fraction of sp³-hybridized carbons (Fsp3) is 0.357. The van der Waals surface area contributed by atoms with E-state index in [1.807, 2.05) is 12.2 Å². The Balaban J connectivity index is 1.80. The van der Waals surface area contributed by atoms with Gasteiger partial charge in [-0.15, -0.1) is 0 Å². The van der Waals surface area contributed by atoms with Gasteiger partial charge in [0, 0.05) is 0 Å². The Bertz CT molecular complexity index is 649. The van der Waals surface area contributed by atoms with Crippen molar-refractivity contribution >= 4 is 45.1 Å². The second-order valence-corrected chi connectivity index (χ2v) is 6.54. The van der Waals surface area contributed by atoms with Crippen LogP contribution in [0.5, 0.6) is 0 Å². The summed E-state index contributed by atoms with van der Waals surface area (Å²) < 4.78 is 0.574. The van der Waals surface area contributed by atoms with Crippen molar-refractivity contribution in [3.63, 3.8) is 0 Å². The Morgan fingerprint density at radius 3 is 2.62 bits per heavy atom. The highest BCUT2D eigenvalue weighted by molar-refractivity contribution is 9.10. The van der Waals surface area contributed by atoms with E-state index >= 15 is 0 Å². The highest BCUT2D eigenvalue weighted by Crippen LogP contribution is 2.48. The number of halogens is 2. The number of allylic oxidation sites excluding steroid dienone is 2. The van der Waals surface area contributed by atoms with Crippen molar-refractivity contribution in [2.75, 3.05) is 5.32 Å². The first-order valence-corrected chi connectivity index (χ1v) is 7.67. The maximum Gasteiger partial charge on any atom is 0.307 e. The number of carbonyl (C=O) groups excluding carboxylic acids is 1. The van der Waals surface area contributed by atoms with Gasteiger partial charge < -0.3 is 10.4 Å². The van der Waals surface area contributed by atoms with Crippen LogP contribution >= 0.6 is 27.5 Å². The topological polar surface area (TPSA) is 79.3 Å². The summed E-state index contributed by atoms with van der Waals surface area (Å²) in [7, 11) is 0. The van der Waals surface area contributed by atoms with Crippen molar-refractivity contribution in [1.29, 1.82) is 0 Å². The minimum absolute atomic E-state index is 0.000185. The SMILES string of the molecule is O=C(O)C1C2C=CC(C2)C1C(=O)Nc1cnc(Cl)c(Br)c1. The number of nitrogens with zero attached hydrogens (tertiary/aromatic N) is 1. The third kappa shape index (κ3) is 2.58. The van der Waals surface area contributed by atoms with Crippen LogP contribution in [0.1, 0.15) is 6.42 Å². The minimum atomic E-state index is -0.914. The summed E-state index contributed by atoms with van der Waals surface area (Å²) in [6, 6.07) is 1.64. The molecule has 2 N–H and O–H groups in total. The lowest BCUT2D eigenvalue weighted by atomic mass is 9.82. The summed E-state index contributed by atoms with van der Waals surface area (Å²) in [6.07, 6.45) is 6.04. The number of fused-ring (bicyclic) bond motifs is 2. The molecule has 1 aromatic rings. The number of rotatable bonds is 3. The molecule has 1 heterocycles. The van der Waals surface area contributed by atoms with Gasteiger partial charge in [0.05, 0.1) is 28.2 Å². The van der Waals surface area contributed by atoms with Gasteiger partial charge in [0.15, 0.2) is 0 Å². The van der Waals surface area contributed by atoms with Crippen LogP contribution in [0.2, 0.25) is 5.15 Å². The van der Waals surface area contributed by atoms with E-state index in [1.165, 1.54) is 6.20 Å². The Morgan fingerprint density at radius 1 is 1.33 bits per heavy atom. The molecule has 2 aliphatic carbocycles. The van der Waals surface area contributed by atoms with Crippen LogP contribution in [0.3, 0.4) is 0 Å². The molecule has 4 unspecified atom stereocenters. The van der Waals surface area contributed by atoms with Gasteiger partial charge in [-0.1, -0.05) is 23.8 Å². The molecule has 5 nitrogen and oxygen atoms in total. The third-order valence-corrected chi connectivity index (χ3v) is 5.24. The summed E-state index contributed by atoms with van der Waals surface area (Å²) in [6.45, 7) is 0. The van der Waals surface area contributed by atoms with Crippen LogP contribution in [-0.2, 0) is 9.59 Å². The lowest BCUT2D eigenvalue weighted by molar-refractivity contribution is -0.146. The lowest BCUT2D eigenvalue weighted by Crippen LogP contribution is -2.36. The first-order chi connectivity index (χ1) is 9.97. The number of anilines is 1. The molecular formula is C14H12BrClN2O3. The van der Waals surface area contributed by atoms with Crippen molar-refractivity contribution < 1.29 is 14.7 Å². The van der Waals surface area contributed by atoms with Gasteiger partial charge in [0.2, 0.25) is 5.91 Å². The van der Waals surface area contributed by atoms with E-state index in [2.05, 4.69) is 26.2 Å². The number of carbonyl (C=O) groups is 2. The zero-order valence-corrected chi connectivity index (χ0v) is 13.1. The van der Waals surface area contributed by atoms with E-state index in [0.29, 0.717) is 15.3 Å². The Kier molecular flexibility index (Phi) is 3.75. The quantitative estimate of drug-likeness (QED) is 0.632. The number of aromatic nitrogens is 1. The molecule has 0 spiro atoms. The first kappa shape index (κ1) is 14.5. The van der Waals surface area contributed by atoms with Crippen LogP contribution in [-0.4, -0.2) is 22.0 Å². The number of hydrogen-bond acceptors (Lipinski definition) is 3. The molecule has 1 amide bonds. The number of carboxylic acids is 1. The van der Waals surface area contributed by atoms with Gasteiger partial charge in [-0.25, -0.2) is 4.98 Å². The van der Waals surface area contributed by atoms with E-state index in [9.17, 15) is 14.7 Å². The number of hydrogen-bond donors (Lipinski definition) is 2. The highest BCUT2D eigenvalue weighted by Gasteiger charge is 2.51. The monoisotopic (exact) mass is 370 g/mol. The zero-order valence-electron chi connectivity index (χ0n) is 10.8. The molecule has 0 aromatic carbocycles. The van der Waals surface area contributed by atoms with Crippen LogP contribution in [0.25, 0.3) is 0 Å². The van der Waals surface area contributed by atoms with Gasteiger partial charge in [-0.3, -0.25) is 9.59 Å². The lowest BCUT2D eigenvalue weighted by Gasteiger charge is -2.23. The average molecular weight is 372 g/mol. The van der Waals surface area contributed by atoms with E-state index in [1.54, 1.807) is 6.07 Å². The predicted molar refractivity (Wildman–Crippen MR) is 80.9 cm³/mol.